The van der Waals surface area contributed by atoms with Gasteiger partial charge in [0.25, 0.3) is 10.7 Å². The third kappa shape index (κ3) is 1.48. The summed E-state index contributed by atoms with van der Waals surface area (Å²) in [6.45, 7) is 2.05. The highest BCUT2D eigenvalue weighted by molar-refractivity contribution is 7.71. The molecule has 0 saturated carbocycles. The maximum Gasteiger partial charge on any atom is 0.284 e. The highest BCUT2D eigenvalue weighted by Crippen LogP contribution is 2.17. The normalized spacial score (nSPS) is 10.7. The Balaban J connectivity index is 2.50. The van der Waals surface area contributed by atoms with Gasteiger partial charge < -0.3 is 4.42 Å². The lowest BCUT2D eigenvalue weighted by atomic mass is 10.3. The Morgan fingerprint density at radius 3 is 2.93 bits per heavy atom. The summed E-state index contributed by atoms with van der Waals surface area (Å²) in [4.78, 5) is 0.277. The standard InChI is InChI=1S/C8H10N4OS/c1-3-5-4-6(12(2)11-5)7-9-10-8(14)13-7/h4H,3H2,1-2H3,(H,10,14). The number of nitrogens with zero attached hydrogens (tertiary/aromatic N) is 3. The van der Waals surface area contributed by atoms with E-state index < -0.39 is 0 Å². The average Bonchev–Trinajstić information content (AvgIpc) is 2.71. The Hall–Kier alpha value is -1.43. The Morgan fingerprint density at radius 1 is 1.64 bits per heavy atom. The van der Waals surface area contributed by atoms with Crippen molar-refractivity contribution in [2.75, 3.05) is 0 Å². The van der Waals surface area contributed by atoms with Crippen LogP contribution < -0.4 is 0 Å². The Morgan fingerprint density at radius 2 is 2.43 bits per heavy atom. The molecule has 5 nitrogen and oxygen atoms in total. The van der Waals surface area contributed by atoms with Gasteiger partial charge in [-0.1, -0.05) is 6.92 Å². The molecule has 0 bridgehead atoms. The maximum atomic E-state index is 5.20. The van der Waals surface area contributed by atoms with Crippen molar-refractivity contribution in [3.63, 3.8) is 0 Å². The zero-order chi connectivity index (χ0) is 10.1. The molecule has 2 aromatic heterocycles. The molecular formula is C8H10N4OS. The average molecular weight is 210 g/mol. The zero-order valence-corrected chi connectivity index (χ0v) is 8.76. The summed E-state index contributed by atoms with van der Waals surface area (Å²) in [5.74, 6) is 0.477. The summed E-state index contributed by atoms with van der Waals surface area (Å²) >= 11 is 4.80. The van der Waals surface area contributed by atoms with Crippen molar-refractivity contribution in [2.24, 2.45) is 7.05 Å². The van der Waals surface area contributed by atoms with Crippen LogP contribution in [0.15, 0.2) is 10.5 Å². The van der Waals surface area contributed by atoms with Gasteiger partial charge in [-0.3, -0.25) is 4.68 Å². The van der Waals surface area contributed by atoms with Crippen molar-refractivity contribution in [3.05, 3.63) is 16.6 Å². The molecule has 74 valence electrons. The van der Waals surface area contributed by atoms with Gasteiger partial charge in [-0.25, -0.2) is 5.10 Å². The van der Waals surface area contributed by atoms with Crippen LogP contribution in [0, 0.1) is 4.84 Å². The second-order valence-electron chi connectivity index (χ2n) is 2.92. The van der Waals surface area contributed by atoms with Gasteiger partial charge in [-0.2, -0.15) is 5.10 Å². The first-order chi connectivity index (χ1) is 6.70. The van der Waals surface area contributed by atoms with Crippen LogP contribution in [-0.4, -0.2) is 20.0 Å². The van der Waals surface area contributed by atoms with E-state index in [1.807, 2.05) is 20.0 Å². The quantitative estimate of drug-likeness (QED) is 0.766. The topological polar surface area (TPSA) is 59.6 Å². The van der Waals surface area contributed by atoms with Crippen LogP contribution in [0.5, 0.6) is 0 Å². The van der Waals surface area contributed by atoms with Crippen LogP contribution in [0.25, 0.3) is 11.6 Å². The Labute approximate surface area is 85.8 Å². The van der Waals surface area contributed by atoms with Crippen molar-refractivity contribution in [3.8, 4) is 11.6 Å². The number of aryl methyl sites for hydroxylation is 2. The molecular weight excluding hydrogens is 200 g/mol. The summed E-state index contributed by atoms with van der Waals surface area (Å²) in [6, 6.07) is 1.94. The molecule has 0 aliphatic rings. The highest BCUT2D eigenvalue weighted by Gasteiger charge is 2.10. The molecule has 2 rings (SSSR count). The summed E-state index contributed by atoms with van der Waals surface area (Å²) < 4.78 is 6.92. The van der Waals surface area contributed by atoms with Gasteiger partial charge in [-0.15, -0.1) is 5.10 Å². The van der Waals surface area contributed by atoms with Gasteiger partial charge in [0.15, 0.2) is 0 Å². The van der Waals surface area contributed by atoms with E-state index in [0.29, 0.717) is 5.89 Å². The van der Waals surface area contributed by atoms with Gasteiger partial charge in [0.05, 0.1) is 5.69 Å². The van der Waals surface area contributed by atoms with Gasteiger partial charge >= 0.3 is 0 Å². The third-order valence-electron chi connectivity index (χ3n) is 1.95. The van der Waals surface area contributed by atoms with Crippen LogP contribution >= 0.6 is 12.2 Å². The summed E-state index contributed by atoms with van der Waals surface area (Å²) in [7, 11) is 1.85. The molecule has 0 aliphatic carbocycles. The first-order valence-corrected chi connectivity index (χ1v) is 4.70. The number of rotatable bonds is 2. The smallest absolute Gasteiger partial charge is 0.284 e. The summed E-state index contributed by atoms with van der Waals surface area (Å²) in [5.41, 5.74) is 1.83. The van der Waals surface area contributed by atoms with Crippen molar-refractivity contribution < 1.29 is 4.42 Å². The molecule has 14 heavy (non-hydrogen) atoms. The molecule has 6 heteroatoms. The number of nitrogens with one attached hydrogen (secondary N) is 1. The number of hydrogen-bond donors (Lipinski definition) is 1. The second kappa shape index (κ2) is 3.38. The van der Waals surface area contributed by atoms with E-state index in [1.54, 1.807) is 4.68 Å². The van der Waals surface area contributed by atoms with Crippen molar-refractivity contribution in [1.29, 1.82) is 0 Å². The summed E-state index contributed by atoms with van der Waals surface area (Å²) in [6.07, 6.45) is 0.888. The van der Waals surface area contributed by atoms with Gasteiger partial charge in [0, 0.05) is 7.05 Å². The van der Waals surface area contributed by atoms with Crippen LogP contribution in [0.1, 0.15) is 12.6 Å². The Bertz CT molecular complexity index is 495. The molecule has 0 spiro atoms. The molecule has 0 unspecified atom stereocenters. The molecule has 1 N–H and O–H groups in total. The SMILES string of the molecule is CCc1cc(-c2n[nH]c(=S)o2)n(C)n1. The predicted octanol–water partition coefficient (Wildman–Crippen LogP) is 1.70. The van der Waals surface area contributed by atoms with Crippen LogP contribution in [0.3, 0.4) is 0 Å². The fourth-order valence-electron chi connectivity index (χ4n) is 1.24. The molecule has 0 saturated heterocycles. The van der Waals surface area contributed by atoms with Crippen LogP contribution in [-0.2, 0) is 13.5 Å². The fourth-order valence-corrected chi connectivity index (χ4v) is 1.36. The molecule has 2 aromatic rings. The maximum absolute atomic E-state index is 5.20. The molecule has 0 radical (unpaired) electrons. The fraction of sp³-hybridized carbons (Fsp3) is 0.375. The molecule has 0 aliphatic heterocycles. The van der Waals surface area contributed by atoms with Gasteiger partial charge in [-0.05, 0) is 24.7 Å². The lowest BCUT2D eigenvalue weighted by Gasteiger charge is -1.92. The molecule has 0 fully saturated rings. The Kier molecular flexibility index (Phi) is 2.20. The molecule has 2 heterocycles. The largest absolute Gasteiger partial charge is 0.408 e. The number of H-pyrrole nitrogens is 1. The van der Waals surface area contributed by atoms with Crippen LogP contribution in [0.2, 0.25) is 0 Å². The number of hydrogen-bond acceptors (Lipinski definition) is 4. The lowest BCUT2D eigenvalue weighted by molar-refractivity contribution is 0.544. The van der Waals surface area contributed by atoms with Crippen LogP contribution in [0.4, 0.5) is 0 Å². The van der Waals surface area contributed by atoms with Crippen molar-refractivity contribution >= 4 is 12.2 Å². The van der Waals surface area contributed by atoms with E-state index in [1.165, 1.54) is 0 Å². The van der Waals surface area contributed by atoms with E-state index in [2.05, 4.69) is 15.3 Å². The van der Waals surface area contributed by atoms with Crippen molar-refractivity contribution in [1.82, 2.24) is 20.0 Å². The molecule has 0 aromatic carbocycles. The van der Waals surface area contributed by atoms with E-state index in [4.69, 9.17) is 16.6 Å². The monoisotopic (exact) mass is 210 g/mol. The van der Waals surface area contributed by atoms with E-state index in [0.717, 1.165) is 17.8 Å². The zero-order valence-electron chi connectivity index (χ0n) is 7.94. The molecule has 0 amide bonds. The minimum absolute atomic E-state index is 0.277. The predicted molar refractivity (Wildman–Crippen MR) is 53.3 cm³/mol. The first kappa shape index (κ1) is 9.14. The third-order valence-corrected chi connectivity index (χ3v) is 2.12. The van der Waals surface area contributed by atoms with Gasteiger partial charge in [0.2, 0.25) is 0 Å². The minimum atomic E-state index is 0.277. The number of aromatic amines is 1. The second-order valence-corrected chi connectivity index (χ2v) is 3.29. The van der Waals surface area contributed by atoms with Crippen molar-refractivity contribution in [2.45, 2.75) is 13.3 Å². The van der Waals surface area contributed by atoms with E-state index in [-0.39, 0.29) is 4.84 Å². The number of aromatic nitrogens is 4. The minimum Gasteiger partial charge on any atom is -0.408 e. The summed E-state index contributed by atoms with van der Waals surface area (Å²) in [5, 5.41) is 10.8. The van der Waals surface area contributed by atoms with Gasteiger partial charge in [0.1, 0.15) is 5.69 Å². The first-order valence-electron chi connectivity index (χ1n) is 4.29. The van der Waals surface area contributed by atoms with E-state index >= 15 is 0 Å². The lowest BCUT2D eigenvalue weighted by Crippen LogP contribution is -1.94. The van der Waals surface area contributed by atoms with E-state index in [9.17, 15) is 0 Å². The molecule has 0 atom stereocenters. The highest BCUT2D eigenvalue weighted by atomic mass is 32.1.